The van der Waals surface area contributed by atoms with Gasteiger partial charge in [-0.3, -0.25) is 14.4 Å². The number of allylic oxidation sites excluding steroid dienone is 2. The number of carbonyl (C=O) groups is 3. The molecule has 1 aromatic carbocycles. The van der Waals surface area contributed by atoms with E-state index in [9.17, 15) is 14.4 Å². The number of hydrogen-bond acceptors (Lipinski definition) is 3. The molecular formula is C21H22N2O3. The zero-order valence-electron chi connectivity index (χ0n) is 14.9. The molecule has 2 bridgehead atoms. The van der Waals surface area contributed by atoms with Crippen molar-refractivity contribution in [3.05, 3.63) is 41.5 Å². The van der Waals surface area contributed by atoms with Crippen molar-refractivity contribution in [3.8, 4) is 0 Å². The van der Waals surface area contributed by atoms with Gasteiger partial charge in [-0.25, -0.2) is 4.90 Å². The van der Waals surface area contributed by atoms with Gasteiger partial charge in [0.2, 0.25) is 11.8 Å². The maximum Gasteiger partial charge on any atom is 0.254 e. The van der Waals surface area contributed by atoms with Gasteiger partial charge in [-0.15, -0.1) is 0 Å². The third-order valence-electron chi connectivity index (χ3n) is 6.64. The van der Waals surface area contributed by atoms with Gasteiger partial charge in [0.1, 0.15) is 0 Å². The SMILES string of the molecule is Cc1c(C(=O)N2CCCC2)cccc1N1C(=O)[C@@H]2[C@@H](C1=O)[C@H]1C=C[C@H]2C1. The van der Waals surface area contributed by atoms with Crippen LogP contribution in [-0.4, -0.2) is 35.7 Å². The Kier molecular flexibility index (Phi) is 3.36. The maximum atomic E-state index is 13.1. The second-order valence-corrected chi connectivity index (χ2v) is 7.96. The number of imide groups is 1. The second kappa shape index (κ2) is 5.53. The minimum Gasteiger partial charge on any atom is -0.339 e. The first-order valence-corrected chi connectivity index (χ1v) is 9.53. The van der Waals surface area contributed by atoms with E-state index in [-0.39, 0.29) is 41.4 Å². The summed E-state index contributed by atoms with van der Waals surface area (Å²) in [6.07, 6.45) is 7.19. The number of fused-ring (bicyclic) bond motifs is 5. The molecule has 0 radical (unpaired) electrons. The number of likely N-dealkylation sites (tertiary alicyclic amines) is 1. The fourth-order valence-corrected chi connectivity index (χ4v) is 5.33. The summed E-state index contributed by atoms with van der Waals surface area (Å²) in [7, 11) is 0. The molecule has 0 spiro atoms. The molecule has 2 saturated heterocycles. The number of amides is 3. The second-order valence-electron chi connectivity index (χ2n) is 7.96. The van der Waals surface area contributed by atoms with Crippen LogP contribution in [0.15, 0.2) is 30.4 Å². The first kappa shape index (κ1) is 15.8. The van der Waals surface area contributed by atoms with Crippen LogP contribution in [0.25, 0.3) is 0 Å². The van der Waals surface area contributed by atoms with Crippen LogP contribution in [0.1, 0.15) is 35.2 Å². The quantitative estimate of drug-likeness (QED) is 0.608. The highest BCUT2D eigenvalue weighted by molar-refractivity contribution is 6.23. The third kappa shape index (κ3) is 2.00. The standard InChI is InChI=1S/C21H22N2O3/c1-12-15(19(24)22-9-2-3-10-22)5-4-6-16(12)23-20(25)17-13-7-8-14(11-13)18(17)21(23)26/h4-8,13-14,17-18H,2-3,9-11H2,1H3/t13-,14-,17-,18-/m0/s1. The van der Waals surface area contributed by atoms with Crippen LogP contribution in [0.4, 0.5) is 5.69 Å². The van der Waals surface area contributed by atoms with Crippen molar-refractivity contribution in [2.24, 2.45) is 23.7 Å². The third-order valence-corrected chi connectivity index (χ3v) is 6.64. The fourth-order valence-electron chi connectivity index (χ4n) is 5.33. The minimum atomic E-state index is -0.213. The number of anilines is 1. The lowest BCUT2D eigenvalue weighted by atomic mass is 9.85. The topological polar surface area (TPSA) is 57.7 Å². The van der Waals surface area contributed by atoms with Crippen LogP contribution in [0.2, 0.25) is 0 Å². The van der Waals surface area contributed by atoms with Gasteiger partial charge in [0.15, 0.2) is 0 Å². The van der Waals surface area contributed by atoms with Crippen molar-refractivity contribution in [3.63, 3.8) is 0 Å². The van der Waals surface area contributed by atoms with E-state index in [1.807, 2.05) is 11.8 Å². The molecule has 5 rings (SSSR count). The summed E-state index contributed by atoms with van der Waals surface area (Å²) >= 11 is 0. The Morgan fingerprint density at radius 1 is 1.00 bits per heavy atom. The molecule has 1 saturated carbocycles. The lowest BCUT2D eigenvalue weighted by Crippen LogP contribution is -2.34. The molecular weight excluding hydrogens is 328 g/mol. The van der Waals surface area contributed by atoms with Crippen molar-refractivity contribution >= 4 is 23.4 Å². The number of carbonyl (C=O) groups excluding carboxylic acids is 3. The van der Waals surface area contributed by atoms with Crippen molar-refractivity contribution < 1.29 is 14.4 Å². The van der Waals surface area contributed by atoms with Crippen molar-refractivity contribution in [2.45, 2.75) is 26.2 Å². The normalized spacial score (nSPS) is 32.0. The van der Waals surface area contributed by atoms with Gasteiger partial charge in [0.25, 0.3) is 5.91 Å². The molecule has 134 valence electrons. The highest BCUT2D eigenvalue weighted by Crippen LogP contribution is 2.53. The summed E-state index contributed by atoms with van der Waals surface area (Å²) < 4.78 is 0. The van der Waals surface area contributed by atoms with Crippen LogP contribution >= 0.6 is 0 Å². The monoisotopic (exact) mass is 350 g/mol. The van der Waals surface area contributed by atoms with E-state index in [0.29, 0.717) is 11.3 Å². The van der Waals surface area contributed by atoms with E-state index in [1.165, 1.54) is 4.90 Å². The largest absolute Gasteiger partial charge is 0.339 e. The van der Waals surface area contributed by atoms with Gasteiger partial charge in [-0.05, 0) is 55.7 Å². The zero-order valence-corrected chi connectivity index (χ0v) is 14.9. The molecule has 5 nitrogen and oxygen atoms in total. The summed E-state index contributed by atoms with van der Waals surface area (Å²) in [6, 6.07) is 5.38. The van der Waals surface area contributed by atoms with E-state index >= 15 is 0 Å². The Labute approximate surface area is 152 Å². The molecule has 2 aliphatic carbocycles. The first-order valence-electron chi connectivity index (χ1n) is 9.53. The van der Waals surface area contributed by atoms with Crippen LogP contribution in [0.5, 0.6) is 0 Å². The zero-order chi connectivity index (χ0) is 18.0. The fraction of sp³-hybridized carbons (Fsp3) is 0.476. The van der Waals surface area contributed by atoms with E-state index in [1.54, 1.807) is 18.2 Å². The lowest BCUT2D eigenvalue weighted by Gasteiger charge is -2.22. The highest BCUT2D eigenvalue weighted by Gasteiger charge is 2.59. The van der Waals surface area contributed by atoms with Gasteiger partial charge in [-0.1, -0.05) is 18.2 Å². The predicted molar refractivity (Wildman–Crippen MR) is 96.5 cm³/mol. The number of hydrogen-bond donors (Lipinski definition) is 0. The maximum absolute atomic E-state index is 13.1. The van der Waals surface area contributed by atoms with Gasteiger partial charge < -0.3 is 4.90 Å². The smallest absolute Gasteiger partial charge is 0.254 e. The van der Waals surface area contributed by atoms with E-state index in [0.717, 1.165) is 37.9 Å². The average molecular weight is 350 g/mol. The van der Waals surface area contributed by atoms with E-state index in [2.05, 4.69) is 12.2 Å². The summed E-state index contributed by atoms with van der Waals surface area (Å²) in [4.78, 5) is 42.2. The predicted octanol–water partition coefficient (Wildman–Crippen LogP) is 2.54. The molecule has 2 heterocycles. The van der Waals surface area contributed by atoms with Crippen LogP contribution < -0.4 is 4.90 Å². The Morgan fingerprint density at radius 2 is 1.62 bits per heavy atom. The van der Waals surface area contributed by atoms with Crippen LogP contribution in [0.3, 0.4) is 0 Å². The molecule has 5 heteroatoms. The van der Waals surface area contributed by atoms with Gasteiger partial charge >= 0.3 is 0 Å². The average Bonchev–Trinajstić information content (AvgIpc) is 3.40. The Balaban J connectivity index is 1.51. The molecule has 0 aromatic heterocycles. The molecule has 26 heavy (non-hydrogen) atoms. The Bertz CT molecular complexity index is 823. The van der Waals surface area contributed by atoms with Crippen molar-refractivity contribution in [1.82, 2.24) is 4.90 Å². The summed E-state index contributed by atoms with van der Waals surface area (Å²) in [5.74, 6) is -0.216. The van der Waals surface area contributed by atoms with E-state index in [4.69, 9.17) is 0 Å². The van der Waals surface area contributed by atoms with Gasteiger partial charge in [0.05, 0.1) is 17.5 Å². The summed E-state index contributed by atoms with van der Waals surface area (Å²) in [6.45, 7) is 3.41. The van der Waals surface area contributed by atoms with Crippen LogP contribution in [-0.2, 0) is 9.59 Å². The highest BCUT2D eigenvalue weighted by atomic mass is 16.2. The molecule has 2 aliphatic heterocycles. The number of nitrogens with zero attached hydrogens (tertiary/aromatic N) is 2. The van der Waals surface area contributed by atoms with Crippen molar-refractivity contribution in [2.75, 3.05) is 18.0 Å². The molecule has 3 fully saturated rings. The number of benzene rings is 1. The number of rotatable bonds is 2. The minimum absolute atomic E-state index is 0.00266. The van der Waals surface area contributed by atoms with Gasteiger partial charge in [-0.2, -0.15) is 0 Å². The van der Waals surface area contributed by atoms with Gasteiger partial charge in [0, 0.05) is 18.7 Å². The molecule has 4 atom stereocenters. The summed E-state index contributed by atoms with van der Waals surface area (Å²) in [5, 5.41) is 0. The Hall–Kier alpha value is -2.43. The van der Waals surface area contributed by atoms with Crippen LogP contribution in [0, 0.1) is 30.6 Å². The molecule has 4 aliphatic rings. The lowest BCUT2D eigenvalue weighted by molar-refractivity contribution is -0.123. The molecule has 0 unspecified atom stereocenters. The van der Waals surface area contributed by atoms with E-state index < -0.39 is 0 Å². The molecule has 1 aromatic rings. The molecule has 0 N–H and O–H groups in total. The Morgan fingerprint density at radius 3 is 2.23 bits per heavy atom. The van der Waals surface area contributed by atoms with Crippen molar-refractivity contribution in [1.29, 1.82) is 0 Å². The summed E-state index contributed by atoms with van der Waals surface area (Å²) in [5.41, 5.74) is 1.91. The first-order chi connectivity index (χ1) is 12.6. The molecule has 3 amide bonds.